The number of nitrogens with one attached hydrogen (secondary N) is 1. The smallest absolute Gasteiger partial charge is 0.335 e. The Labute approximate surface area is 118 Å². The van der Waals surface area contributed by atoms with E-state index in [1.54, 1.807) is 12.1 Å². The monoisotopic (exact) mass is 292 g/mol. The van der Waals surface area contributed by atoms with E-state index in [-0.39, 0.29) is 11.5 Å². The molecule has 0 bridgehead atoms. The summed E-state index contributed by atoms with van der Waals surface area (Å²) >= 11 is 1.25. The Morgan fingerprint density at radius 1 is 1.45 bits per heavy atom. The van der Waals surface area contributed by atoms with Gasteiger partial charge in [-0.25, -0.2) is 9.78 Å². The molecule has 0 radical (unpaired) electrons. The van der Waals surface area contributed by atoms with Crippen LogP contribution < -0.4 is 5.32 Å². The van der Waals surface area contributed by atoms with Gasteiger partial charge in [0.2, 0.25) is 0 Å². The summed E-state index contributed by atoms with van der Waals surface area (Å²) in [6.45, 7) is 0.611. The minimum atomic E-state index is -0.981. The summed E-state index contributed by atoms with van der Waals surface area (Å²) in [7, 11) is 0. The van der Waals surface area contributed by atoms with Gasteiger partial charge in [-0.3, -0.25) is 10.1 Å². The predicted molar refractivity (Wildman–Crippen MR) is 74.2 cm³/mol. The first-order chi connectivity index (χ1) is 9.63. The molecular formula is C13H12N2O4S. The zero-order valence-electron chi connectivity index (χ0n) is 10.5. The fourth-order valence-corrected chi connectivity index (χ4v) is 2.99. The quantitative estimate of drug-likeness (QED) is 0.904. The van der Waals surface area contributed by atoms with Gasteiger partial charge in [0.1, 0.15) is 6.10 Å². The van der Waals surface area contributed by atoms with Gasteiger partial charge >= 0.3 is 5.97 Å². The van der Waals surface area contributed by atoms with E-state index in [0.717, 1.165) is 17.5 Å². The Morgan fingerprint density at radius 2 is 2.30 bits per heavy atom. The van der Waals surface area contributed by atoms with Crippen LogP contribution in [-0.4, -0.2) is 34.7 Å². The van der Waals surface area contributed by atoms with Gasteiger partial charge in [0.25, 0.3) is 5.91 Å². The summed E-state index contributed by atoms with van der Waals surface area (Å²) in [6, 6.07) is 4.68. The first-order valence-corrected chi connectivity index (χ1v) is 7.01. The van der Waals surface area contributed by atoms with Crippen LogP contribution in [0.15, 0.2) is 18.2 Å². The van der Waals surface area contributed by atoms with E-state index in [1.807, 2.05) is 0 Å². The number of carbonyl (C=O) groups excluding carboxylic acids is 1. The highest BCUT2D eigenvalue weighted by Gasteiger charge is 2.24. The van der Waals surface area contributed by atoms with Crippen LogP contribution >= 0.6 is 11.3 Å². The molecule has 1 unspecified atom stereocenters. The van der Waals surface area contributed by atoms with Crippen LogP contribution in [0.1, 0.15) is 23.2 Å². The fourth-order valence-electron chi connectivity index (χ4n) is 2.08. The van der Waals surface area contributed by atoms with E-state index in [4.69, 9.17) is 9.84 Å². The summed E-state index contributed by atoms with van der Waals surface area (Å²) in [5, 5.41) is 12.1. The molecule has 0 aliphatic carbocycles. The first kappa shape index (κ1) is 13.0. The number of hydrogen-bond acceptors (Lipinski definition) is 5. The van der Waals surface area contributed by atoms with E-state index in [2.05, 4.69) is 10.3 Å². The van der Waals surface area contributed by atoms with Crippen LogP contribution in [0.4, 0.5) is 5.13 Å². The van der Waals surface area contributed by atoms with Gasteiger partial charge < -0.3 is 9.84 Å². The van der Waals surface area contributed by atoms with Crippen LogP contribution in [0.3, 0.4) is 0 Å². The Morgan fingerprint density at radius 3 is 3.00 bits per heavy atom. The maximum Gasteiger partial charge on any atom is 0.335 e. The number of nitrogens with zero attached hydrogens (tertiary/aromatic N) is 1. The van der Waals surface area contributed by atoms with Gasteiger partial charge in [0.15, 0.2) is 5.13 Å². The third-order valence-corrected chi connectivity index (χ3v) is 4.02. The van der Waals surface area contributed by atoms with Gasteiger partial charge in [0.05, 0.1) is 15.8 Å². The second-order valence-electron chi connectivity index (χ2n) is 4.50. The van der Waals surface area contributed by atoms with Crippen molar-refractivity contribution in [2.24, 2.45) is 0 Å². The first-order valence-electron chi connectivity index (χ1n) is 6.20. The van der Waals surface area contributed by atoms with Crippen molar-refractivity contribution in [3.63, 3.8) is 0 Å². The number of amides is 1. The molecule has 2 heterocycles. The number of carboxylic acid groups (broad SMARTS) is 1. The summed E-state index contributed by atoms with van der Waals surface area (Å²) in [5.41, 5.74) is 0.876. The number of carbonyl (C=O) groups is 2. The van der Waals surface area contributed by atoms with Gasteiger partial charge in [-0.1, -0.05) is 11.3 Å². The van der Waals surface area contributed by atoms with Crippen molar-refractivity contribution >= 4 is 38.6 Å². The molecule has 1 aliphatic rings. The number of ether oxygens (including phenoxy) is 1. The SMILES string of the molecule is O=C(O)c1ccc2nc(NC(=O)C3CCCO3)sc2c1. The van der Waals surface area contributed by atoms with E-state index in [9.17, 15) is 9.59 Å². The third kappa shape index (κ3) is 2.50. The second kappa shape index (κ2) is 5.18. The van der Waals surface area contributed by atoms with Crippen LogP contribution in [-0.2, 0) is 9.53 Å². The average Bonchev–Trinajstić information content (AvgIpc) is 3.06. The number of aromatic carboxylic acids is 1. The largest absolute Gasteiger partial charge is 0.478 e. The fraction of sp³-hybridized carbons (Fsp3) is 0.308. The van der Waals surface area contributed by atoms with Gasteiger partial charge in [0, 0.05) is 6.61 Å². The van der Waals surface area contributed by atoms with E-state index in [1.165, 1.54) is 17.4 Å². The van der Waals surface area contributed by atoms with Gasteiger partial charge in [-0.05, 0) is 31.0 Å². The zero-order chi connectivity index (χ0) is 14.1. The normalized spacial score (nSPS) is 18.3. The molecule has 7 heteroatoms. The molecule has 2 aromatic rings. The minimum absolute atomic E-state index is 0.194. The zero-order valence-corrected chi connectivity index (χ0v) is 11.3. The minimum Gasteiger partial charge on any atom is -0.478 e. The molecule has 1 aromatic heterocycles. The molecule has 6 nitrogen and oxygen atoms in total. The summed E-state index contributed by atoms with van der Waals surface area (Å²) in [5.74, 6) is -1.18. The Kier molecular flexibility index (Phi) is 3.37. The standard InChI is InChI=1S/C13H12N2O4S/c16-11(9-2-1-5-19-9)15-13-14-8-4-3-7(12(17)18)6-10(8)20-13/h3-4,6,9H,1-2,5H2,(H,17,18)(H,14,15,16). The maximum absolute atomic E-state index is 11.9. The number of thiazole rings is 1. The molecule has 1 fully saturated rings. The van der Waals surface area contributed by atoms with Crippen molar-refractivity contribution < 1.29 is 19.4 Å². The molecule has 0 saturated carbocycles. The Hall–Kier alpha value is -1.99. The highest BCUT2D eigenvalue weighted by molar-refractivity contribution is 7.22. The van der Waals surface area contributed by atoms with Crippen LogP contribution in [0.25, 0.3) is 10.2 Å². The number of fused-ring (bicyclic) bond motifs is 1. The van der Waals surface area contributed by atoms with Crippen molar-refractivity contribution in [2.45, 2.75) is 18.9 Å². The van der Waals surface area contributed by atoms with E-state index >= 15 is 0 Å². The van der Waals surface area contributed by atoms with Crippen molar-refractivity contribution in [1.29, 1.82) is 0 Å². The lowest BCUT2D eigenvalue weighted by Crippen LogP contribution is -2.26. The number of benzene rings is 1. The van der Waals surface area contributed by atoms with Crippen LogP contribution in [0.2, 0.25) is 0 Å². The summed E-state index contributed by atoms with van der Waals surface area (Å²) < 4.78 is 6.03. The number of anilines is 1. The average molecular weight is 292 g/mol. The number of rotatable bonds is 3. The molecular weight excluding hydrogens is 280 g/mol. The summed E-state index contributed by atoms with van der Waals surface area (Å²) in [4.78, 5) is 27.1. The highest BCUT2D eigenvalue weighted by Crippen LogP contribution is 2.27. The molecule has 1 atom stereocenters. The van der Waals surface area contributed by atoms with Crippen LogP contribution in [0, 0.1) is 0 Å². The maximum atomic E-state index is 11.9. The van der Waals surface area contributed by atoms with E-state index in [0.29, 0.717) is 17.3 Å². The molecule has 2 N–H and O–H groups in total. The molecule has 0 spiro atoms. The van der Waals surface area contributed by atoms with Crippen molar-refractivity contribution in [1.82, 2.24) is 4.98 Å². The van der Waals surface area contributed by atoms with Crippen LogP contribution in [0.5, 0.6) is 0 Å². The number of carboxylic acids is 1. The highest BCUT2D eigenvalue weighted by atomic mass is 32.1. The second-order valence-corrected chi connectivity index (χ2v) is 5.53. The van der Waals surface area contributed by atoms with E-state index < -0.39 is 12.1 Å². The molecule has 20 heavy (non-hydrogen) atoms. The summed E-state index contributed by atoms with van der Waals surface area (Å²) in [6.07, 6.45) is 1.20. The topological polar surface area (TPSA) is 88.5 Å². The molecule has 1 amide bonds. The lowest BCUT2D eigenvalue weighted by Gasteiger charge is -2.07. The lowest BCUT2D eigenvalue weighted by molar-refractivity contribution is -0.124. The molecule has 1 saturated heterocycles. The molecule has 1 aliphatic heterocycles. The number of hydrogen-bond donors (Lipinski definition) is 2. The Balaban J connectivity index is 1.81. The Bertz CT molecular complexity index is 676. The van der Waals surface area contributed by atoms with Crippen molar-refractivity contribution in [2.75, 3.05) is 11.9 Å². The predicted octanol–water partition coefficient (Wildman–Crippen LogP) is 2.11. The van der Waals surface area contributed by atoms with Crippen molar-refractivity contribution in [3.05, 3.63) is 23.8 Å². The number of aromatic nitrogens is 1. The van der Waals surface area contributed by atoms with Gasteiger partial charge in [-0.15, -0.1) is 0 Å². The molecule has 104 valence electrons. The molecule has 3 rings (SSSR count). The van der Waals surface area contributed by atoms with Crippen molar-refractivity contribution in [3.8, 4) is 0 Å². The third-order valence-electron chi connectivity index (χ3n) is 3.09. The lowest BCUT2D eigenvalue weighted by atomic mass is 10.2. The molecule has 1 aromatic carbocycles. The van der Waals surface area contributed by atoms with Gasteiger partial charge in [-0.2, -0.15) is 0 Å².